The Balaban J connectivity index is 2.55. The first kappa shape index (κ1) is 17.8. The molecule has 1 N–H and O–H groups in total. The summed E-state index contributed by atoms with van der Waals surface area (Å²) in [5, 5.41) is 3.06. The van der Waals surface area contributed by atoms with Crippen LogP contribution in [0.1, 0.15) is 32.3 Å². The third-order valence-corrected chi connectivity index (χ3v) is 2.96. The molecule has 0 spiro atoms. The highest BCUT2D eigenvalue weighted by Gasteiger charge is 2.06. The predicted octanol–water partition coefficient (Wildman–Crippen LogP) is 3.04. The van der Waals surface area contributed by atoms with Gasteiger partial charge in [-0.25, -0.2) is 0 Å². The summed E-state index contributed by atoms with van der Waals surface area (Å²) >= 11 is 0. The summed E-state index contributed by atoms with van der Waals surface area (Å²) < 4.78 is 17.1. The van der Waals surface area contributed by atoms with Crippen molar-refractivity contribution >= 4 is 0 Å². The molecular weight excluding hydrogens is 266 g/mol. The minimum Gasteiger partial charge on any atom is -0.490 e. The van der Waals surface area contributed by atoms with E-state index in [1.807, 2.05) is 13.1 Å². The molecule has 0 aliphatic heterocycles. The molecule has 0 heterocycles. The van der Waals surface area contributed by atoms with E-state index in [0.29, 0.717) is 6.61 Å². The second-order valence-electron chi connectivity index (χ2n) is 4.94. The normalized spacial score (nSPS) is 10.6. The highest BCUT2D eigenvalue weighted by atomic mass is 16.5. The molecule has 0 atom stereocenters. The Hall–Kier alpha value is -1.26. The minimum atomic E-state index is 0.713. The Morgan fingerprint density at radius 3 is 2.29 bits per heavy atom. The fraction of sp³-hybridized carbons (Fsp3) is 0.647. The van der Waals surface area contributed by atoms with Gasteiger partial charge in [-0.05, 0) is 44.0 Å². The Kier molecular flexibility index (Phi) is 9.66. The quantitative estimate of drug-likeness (QED) is 0.602. The van der Waals surface area contributed by atoms with Crippen LogP contribution in [0.3, 0.4) is 0 Å². The van der Waals surface area contributed by atoms with Crippen molar-refractivity contribution in [3.63, 3.8) is 0 Å². The van der Waals surface area contributed by atoms with Crippen LogP contribution >= 0.6 is 0 Å². The zero-order valence-corrected chi connectivity index (χ0v) is 13.6. The van der Waals surface area contributed by atoms with Crippen molar-refractivity contribution in [1.82, 2.24) is 5.32 Å². The fourth-order valence-corrected chi connectivity index (χ4v) is 1.83. The van der Waals surface area contributed by atoms with E-state index in [9.17, 15) is 0 Å². The monoisotopic (exact) mass is 295 g/mol. The van der Waals surface area contributed by atoms with E-state index in [4.69, 9.17) is 14.2 Å². The van der Waals surface area contributed by atoms with Gasteiger partial charge in [0.15, 0.2) is 11.5 Å². The summed E-state index contributed by atoms with van der Waals surface area (Å²) in [6.07, 6.45) is 2.87. The van der Waals surface area contributed by atoms with Crippen LogP contribution < -0.4 is 14.8 Å². The average molecular weight is 295 g/mol. The highest BCUT2D eigenvalue weighted by Crippen LogP contribution is 2.29. The maximum absolute atomic E-state index is 5.79. The van der Waals surface area contributed by atoms with Gasteiger partial charge in [0.25, 0.3) is 0 Å². The van der Waals surface area contributed by atoms with Crippen LogP contribution in [-0.2, 0) is 11.2 Å². The van der Waals surface area contributed by atoms with Gasteiger partial charge in [-0.15, -0.1) is 0 Å². The molecule has 0 aliphatic carbocycles. The van der Waals surface area contributed by atoms with Crippen LogP contribution in [0, 0.1) is 0 Å². The predicted molar refractivity (Wildman–Crippen MR) is 86.5 cm³/mol. The second-order valence-corrected chi connectivity index (χ2v) is 4.94. The van der Waals surface area contributed by atoms with Crippen LogP contribution in [-0.4, -0.2) is 40.0 Å². The molecule has 0 bridgehead atoms. The molecule has 21 heavy (non-hydrogen) atoms. The van der Waals surface area contributed by atoms with Crippen LogP contribution in [0.25, 0.3) is 0 Å². The second kappa shape index (κ2) is 11.4. The molecule has 0 saturated heterocycles. The molecule has 4 nitrogen and oxygen atoms in total. The average Bonchev–Trinajstić information content (AvgIpc) is 2.51. The molecule has 1 aromatic rings. The van der Waals surface area contributed by atoms with Gasteiger partial charge >= 0.3 is 0 Å². The lowest BCUT2D eigenvalue weighted by Gasteiger charge is -2.13. The van der Waals surface area contributed by atoms with Crippen LogP contribution in [0.5, 0.6) is 11.5 Å². The third kappa shape index (κ3) is 7.34. The van der Waals surface area contributed by atoms with E-state index in [1.165, 1.54) is 5.56 Å². The molecule has 0 amide bonds. The number of nitrogens with one attached hydrogen (secondary N) is 1. The van der Waals surface area contributed by atoms with Crippen LogP contribution in [0.4, 0.5) is 0 Å². The third-order valence-electron chi connectivity index (χ3n) is 2.96. The zero-order valence-electron chi connectivity index (χ0n) is 13.6. The van der Waals surface area contributed by atoms with Crippen molar-refractivity contribution in [3.8, 4) is 11.5 Å². The van der Waals surface area contributed by atoms with Gasteiger partial charge < -0.3 is 19.5 Å². The molecule has 4 heteroatoms. The number of hydrogen-bond donors (Lipinski definition) is 1. The molecule has 0 saturated carbocycles. The minimum absolute atomic E-state index is 0.713. The lowest BCUT2D eigenvalue weighted by molar-refractivity contribution is 0.140. The fourth-order valence-electron chi connectivity index (χ4n) is 1.83. The van der Waals surface area contributed by atoms with E-state index >= 15 is 0 Å². The number of likely N-dealkylation sites (N-methyl/N-ethyl adjacent to an activating group) is 1. The maximum atomic E-state index is 5.79. The van der Waals surface area contributed by atoms with E-state index in [1.54, 1.807) is 0 Å². The van der Waals surface area contributed by atoms with Gasteiger partial charge in [-0.2, -0.15) is 0 Å². The first-order valence-corrected chi connectivity index (χ1v) is 7.92. The van der Waals surface area contributed by atoms with Crippen molar-refractivity contribution in [3.05, 3.63) is 23.8 Å². The standard InChI is InChI=1S/C17H29NO3/c1-4-10-20-16-7-6-15(8-12-19-13-9-18-3)14-17(16)21-11-5-2/h6-7,14,18H,4-5,8-13H2,1-3H3. The molecule has 0 unspecified atom stereocenters. The van der Waals surface area contributed by atoms with Crippen LogP contribution in [0.2, 0.25) is 0 Å². The number of benzene rings is 1. The molecular formula is C17H29NO3. The summed E-state index contributed by atoms with van der Waals surface area (Å²) in [5.74, 6) is 1.68. The topological polar surface area (TPSA) is 39.7 Å². The van der Waals surface area contributed by atoms with E-state index < -0.39 is 0 Å². The molecule has 0 aliphatic rings. The van der Waals surface area contributed by atoms with Crippen molar-refractivity contribution in [2.45, 2.75) is 33.1 Å². The van der Waals surface area contributed by atoms with Crippen molar-refractivity contribution in [2.24, 2.45) is 0 Å². The summed E-state index contributed by atoms with van der Waals surface area (Å²) in [7, 11) is 1.93. The summed E-state index contributed by atoms with van der Waals surface area (Å²) in [4.78, 5) is 0. The van der Waals surface area contributed by atoms with Gasteiger partial charge in [-0.3, -0.25) is 0 Å². The summed E-state index contributed by atoms with van der Waals surface area (Å²) in [6, 6.07) is 6.16. The SMILES string of the molecule is CCCOc1ccc(CCOCCNC)cc1OCCC. The Labute approximate surface area is 128 Å². The van der Waals surface area contributed by atoms with Crippen molar-refractivity contribution < 1.29 is 14.2 Å². The lowest BCUT2D eigenvalue weighted by Crippen LogP contribution is -2.15. The molecule has 120 valence electrons. The van der Waals surface area contributed by atoms with E-state index in [-0.39, 0.29) is 0 Å². The van der Waals surface area contributed by atoms with Gasteiger partial charge in [0.1, 0.15) is 0 Å². The molecule has 1 aromatic carbocycles. The molecule has 0 radical (unpaired) electrons. The highest BCUT2D eigenvalue weighted by molar-refractivity contribution is 5.43. The Bertz CT molecular complexity index is 382. The van der Waals surface area contributed by atoms with Gasteiger partial charge in [0.2, 0.25) is 0 Å². The van der Waals surface area contributed by atoms with Gasteiger partial charge in [0.05, 0.1) is 26.4 Å². The van der Waals surface area contributed by atoms with Gasteiger partial charge in [0, 0.05) is 6.54 Å². The maximum Gasteiger partial charge on any atom is 0.161 e. The number of hydrogen-bond acceptors (Lipinski definition) is 4. The van der Waals surface area contributed by atoms with E-state index in [0.717, 1.165) is 57.1 Å². The number of ether oxygens (including phenoxy) is 3. The lowest BCUT2D eigenvalue weighted by atomic mass is 10.1. The summed E-state index contributed by atoms with van der Waals surface area (Å²) in [6.45, 7) is 7.99. The smallest absolute Gasteiger partial charge is 0.161 e. The first-order chi connectivity index (χ1) is 10.3. The molecule has 1 rings (SSSR count). The van der Waals surface area contributed by atoms with Crippen molar-refractivity contribution in [2.75, 3.05) is 40.0 Å². The Morgan fingerprint density at radius 2 is 1.62 bits per heavy atom. The largest absolute Gasteiger partial charge is 0.490 e. The molecule has 0 fully saturated rings. The number of rotatable bonds is 12. The van der Waals surface area contributed by atoms with Crippen LogP contribution in [0.15, 0.2) is 18.2 Å². The van der Waals surface area contributed by atoms with Crippen molar-refractivity contribution in [1.29, 1.82) is 0 Å². The zero-order chi connectivity index (χ0) is 15.3. The molecule has 0 aromatic heterocycles. The first-order valence-electron chi connectivity index (χ1n) is 7.92. The van der Waals surface area contributed by atoms with E-state index in [2.05, 4.69) is 31.3 Å². The Morgan fingerprint density at radius 1 is 0.905 bits per heavy atom. The summed E-state index contributed by atoms with van der Waals surface area (Å²) in [5.41, 5.74) is 1.22. The van der Waals surface area contributed by atoms with Gasteiger partial charge in [-0.1, -0.05) is 19.9 Å².